The first kappa shape index (κ1) is 26.5. The molecule has 1 N–H and O–H groups in total. The largest absolute Gasteiger partial charge is 0.494 e. The monoisotopic (exact) mass is 538 g/mol. The second-order valence-corrected chi connectivity index (χ2v) is 10.9. The molecule has 1 aliphatic rings. The van der Waals surface area contributed by atoms with Crippen LogP contribution in [0.1, 0.15) is 34.8 Å². The van der Waals surface area contributed by atoms with Crippen molar-refractivity contribution >= 4 is 39.6 Å². The highest BCUT2D eigenvalue weighted by molar-refractivity contribution is 8.15. The van der Waals surface area contributed by atoms with Gasteiger partial charge in [0, 0.05) is 19.2 Å². The molecule has 0 saturated carbocycles. The van der Waals surface area contributed by atoms with Crippen molar-refractivity contribution < 1.29 is 19.1 Å². The van der Waals surface area contributed by atoms with E-state index < -0.39 is 0 Å². The average Bonchev–Trinajstić information content (AvgIpc) is 3.27. The van der Waals surface area contributed by atoms with Gasteiger partial charge in [0.15, 0.2) is 0 Å². The highest BCUT2D eigenvalue weighted by Gasteiger charge is 2.31. The van der Waals surface area contributed by atoms with E-state index in [9.17, 15) is 14.4 Å². The molecule has 1 fully saturated rings. The molecule has 0 radical (unpaired) electrons. The Labute approximate surface area is 232 Å². The molecule has 0 aliphatic carbocycles. The number of thioether (sulfide) groups is 1. The van der Waals surface area contributed by atoms with Gasteiger partial charge in [-0.2, -0.15) is 0 Å². The number of rotatable bonds is 9. The van der Waals surface area contributed by atoms with Crippen molar-refractivity contribution in [1.29, 1.82) is 0 Å². The second-order valence-electron chi connectivity index (χ2n) is 9.72. The van der Waals surface area contributed by atoms with Gasteiger partial charge in [0.25, 0.3) is 11.1 Å². The maximum absolute atomic E-state index is 13.2. The van der Waals surface area contributed by atoms with Gasteiger partial charge >= 0.3 is 0 Å². The zero-order chi connectivity index (χ0) is 27.4. The number of benzene rings is 4. The van der Waals surface area contributed by atoms with E-state index in [1.54, 1.807) is 4.90 Å². The fourth-order valence-electron chi connectivity index (χ4n) is 4.66. The number of nitrogens with one attached hydrogen (secondary N) is 1. The molecule has 1 aliphatic heterocycles. The summed E-state index contributed by atoms with van der Waals surface area (Å²) in [6.07, 6.45) is 1.47. The molecule has 0 bridgehead atoms. The van der Waals surface area contributed by atoms with E-state index in [1.165, 1.54) is 0 Å². The Hall–Kier alpha value is -4.10. The van der Waals surface area contributed by atoms with E-state index in [4.69, 9.17) is 4.74 Å². The lowest BCUT2D eigenvalue weighted by molar-refractivity contribution is -0.118. The van der Waals surface area contributed by atoms with Crippen molar-refractivity contribution in [2.75, 3.05) is 13.7 Å². The molecule has 1 unspecified atom stereocenters. The molecular formula is C32H30N2O4S. The molecule has 5 rings (SSSR count). The van der Waals surface area contributed by atoms with Gasteiger partial charge in [-0.15, -0.1) is 0 Å². The second kappa shape index (κ2) is 11.7. The van der Waals surface area contributed by atoms with Crippen LogP contribution in [0.25, 0.3) is 21.9 Å². The van der Waals surface area contributed by atoms with Crippen molar-refractivity contribution in [1.82, 2.24) is 10.2 Å². The molecule has 3 amide bonds. The lowest BCUT2D eigenvalue weighted by Gasteiger charge is -2.18. The Morgan fingerprint density at radius 3 is 2.41 bits per heavy atom. The fourth-order valence-corrected chi connectivity index (χ4v) is 5.52. The first-order valence-electron chi connectivity index (χ1n) is 13.0. The molecule has 198 valence electrons. The van der Waals surface area contributed by atoms with E-state index in [0.29, 0.717) is 25.1 Å². The first-order chi connectivity index (χ1) is 18.9. The Kier molecular flexibility index (Phi) is 7.98. The van der Waals surface area contributed by atoms with Crippen LogP contribution in [0.4, 0.5) is 4.79 Å². The predicted octanol–water partition coefficient (Wildman–Crippen LogP) is 6.46. The van der Waals surface area contributed by atoms with E-state index in [1.807, 2.05) is 85.9 Å². The minimum absolute atomic E-state index is 0.0368. The van der Waals surface area contributed by atoms with Crippen LogP contribution < -0.4 is 10.1 Å². The SMILES string of the molecule is CCCOc1ccc2cc(C(=O)N(C)Cc3cccc(-c4ccc(CC5SC(=O)NC5=O)cc4)c3)ccc2c1. The third kappa shape index (κ3) is 6.32. The Morgan fingerprint density at radius 2 is 1.67 bits per heavy atom. The Morgan fingerprint density at radius 1 is 0.897 bits per heavy atom. The molecule has 1 atom stereocenters. The predicted molar refractivity (Wildman–Crippen MR) is 156 cm³/mol. The van der Waals surface area contributed by atoms with Gasteiger partial charge in [0.05, 0.1) is 11.9 Å². The number of fused-ring (bicyclic) bond motifs is 1. The number of carbonyl (C=O) groups is 3. The maximum Gasteiger partial charge on any atom is 0.286 e. The number of ether oxygens (including phenoxy) is 1. The van der Waals surface area contributed by atoms with Crippen LogP contribution in [0.2, 0.25) is 0 Å². The van der Waals surface area contributed by atoms with Gasteiger partial charge in [0.2, 0.25) is 5.91 Å². The first-order valence-corrected chi connectivity index (χ1v) is 13.9. The van der Waals surface area contributed by atoms with Gasteiger partial charge in [-0.1, -0.05) is 73.3 Å². The molecule has 1 heterocycles. The minimum Gasteiger partial charge on any atom is -0.494 e. The molecular weight excluding hydrogens is 508 g/mol. The molecule has 7 heteroatoms. The third-order valence-electron chi connectivity index (χ3n) is 6.70. The summed E-state index contributed by atoms with van der Waals surface area (Å²) in [6.45, 7) is 3.24. The molecule has 0 aromatic heterocycles. The quantitative estimate of drug-likeness (QED) is 0.265. The van der Waals surface area contributed by atoms with Crippen LogP contribution in [0.15, 0.2) is 84.9 Å². The molecule has 4 aromatic carbocycles. The van der Waals surface area contributed by atoms with Crippen LogP contribution in [0.5, 0.6) is 5.75 Å². The van der Waals surface area contributed by atoms with E-state index in [2.05, 4.69) is 18.3 Å². The summed E-state index contributed by atoms with van der Waals surface area (Å²) in [6, 6.07) is 27.9. The third-order valence-corrected chi connectivity index (χ3v) is 7.68. The summed E-state index contributed by atoms with van der Waals surface area (Å²) in [7, 11) is 1.82. The number of imide groups is 1. The smallest absolute Gasteiger partial charge is 0.286 e. The lowest BCUT2D eigenvalue weighted by atomic mass is 10.00. The molecule has 4 aromatic rings. The summed E-state index contributed by atoms with van der Waals surface area (Å²) in [5.41, 5.74) is 4.78. The van der Waals surface area contributed by atoms with E-state index in [-0.39, 0.29) is 22.3 Å². The molecule has 1 saturated heterocycles. The van der Waals surface area contributed by atoms with Gasteiger partial charge in [-0.05, 0) is 76.2 Å². The summed E-state index contributed by atoms with van der Waals surface area (Å²) >= 11 is 1.04. The standard InChI is InChI=1S/C32H30N2O4S/c1-3-15-38-28-14-13-25-18-27(12-11-26(25)19-28)31(36)34(2)20-22-5-4-6-24(16-22)23-9-7-21(8-10-23)17-29-30(35)33-32(37)39-29/h4-14,16,18-19,29H,3,15,17,20H2,1-2H3,(H,33,35,37). The zero-order valence-electron chi connectivity index (χ0n) is 22.0. The number of hydrogen-bond acceptors (Lipinski definition) is 5. The number of hydrogen-bond donors (Lipinski definition) is 1. The van der Waals surface area contributed by atoms with Crippen LogP contribution in [0, 0.1) is 0 Å². The highest BCUT2D eigenvalue weighted by atomic mass is 32.2. The normalized spacial score (nSPS) is 14.9. The van der Waals surface area contributed by atoms with Crippen molar-refractivity contribution in [2.24, 2.45) is 0 Å². The van der Waals surface area contributed by atoms with Crippen LogP contribution >= 0.6 is 11.8 Å². The van der Waals surface area contributed by atoms with Gasteiger partial charge in [-0.3, -0.25) is 19.7 Å². The number of nitrogens with zero attached hydrogens (tertiary/aromatic N) is 1. The zero-order valence-corrected chi connectivity index (χ0v) is 22.8. The molecule has 39 heavy (non-hydrogen) atoms. The van der Waals surface area contributed by atoms with E-state index >= 15 is 0 Å². The van der Waals surface area contributed by atoms with Crippen LogP contribution in [-0.2, 0) is 17.8 Å². The summed E-state index contributed by atoms with van der Waals surface area (Å²) in [5, 5.41) is 3.72. The van der Waals surface area contributed by atoms with E-state index in [0.717, 1.165) is 57.0 Å². The van der Waals surface area contributed by atoms with Gasteiger partial charge < -0.3 is 9.64 Å². The summed E-state index contributed by atoms with van der Waals surface area (Å²) in [5.74, 6) is 0.576. The van der Waals surface area contributed by atoms with Crippen LogP contribution in [-0.4, -0.2) is 40.9 Å². The Bertz CT molecular complexity index is 1530. The van der Waals surface area contributed by atoms with Crippen molar-refractivity contribution in [2.45, 2.75) is 31.6 Å². The topological polar surface area (TPSA) is 75.7 Å². The van der Waals surface area contributed by atoms with Crippen molar-refractivity contribution in [3.8, 4) is 16.9 Å². The van der Waals surface area contributed by atoms with Crippen molar-refractivity contribution in [3.63, 3.8) is 0 Å². The highest BCUT2D eigenvalue weighted by Crippen LogP contribution is 2.27. The summed E-state index contributed by atoms with van der Waals surface area (Å²) in [4.78, 5) is 38.2. The summed E-state index contributed by atoms with van der Waals surface area (Å²) < 4.78 is 5.73. The minimum atomic E-state index is -0.375. The fraction of sp³-hybridized carbons (Fsp3) is 0.219. The van der Waals surface area contributed by atoms with Crippen molar-refractivity contribution in [3.05, 3.63) is 102 Å². The average molecular weight is 539 g/mol. The maximum atomic E-state index is 13.2. The molecule has 0 spiro atoms. The van der Waals surface area contributed by atoms with Crippen LogP contribution in [0.3, 0.4) is 0 Å². The van der Waals surface area contributed by atoms with Gasteiger partial charge in [0.1, 0.15) is 5.75 Å². The molecule has 6 nitrogen and oxygen atoms in total. The number of carbonyl (C=O) groups excluding carboxylic acids is 3. The Balaban J connectivity index is 1.24. The van der Waals surface area contributed by atoms with Gasteiger partial charge in [-0.25, -0.2) is 0 Å². The lowest BCUT2D eigenvalue weighted by Crippen LogP contribution is -2.26. The number of amides is 3.